The first-order valence-electron chi connectivity index (χ1n) is 5.88. The molecule has 0 heterocycles. The number of unbranched alkanes of at least 4 members (excludes halogenated alkanes) is 2. The van der Waals surface area contributed by atoms with E-state index in [4.69, 9.17) is 4.74 Å². The van der Waals surface area contributed by atoms with Crippen molar-refractivity contribution < 1.29 is 4.74 Å². The standard InChI is InChI=1S/C12H27NO/c1-5-10-13-11-8-6-7-9-12(2,3)14-4/h13H,5-11H2,1-4H3. The van der Waals surface area contributed by atoms with Gasteiger partial charge in [-0.15, -0.1) is 0 Å². The van der Waals surface area contributed by atoms with E-state index in [1.807, 2.05) is 0 Å². The number of nitrogens with one attached hydrogen (secondary N) is 1. The summed E-state index contributed by atoms with van der Waals surface area (Å²) in [4.78, 5) is 0. The molecule has 0 aromatic heterocycles. The molecule has 14 heavy (non-hydrogen) atoms. The molecule has 86 valence electrons. The molecular formula is C12H27NO. The van der Waals surface area contributed by atoms with E-state index in [2.05, 4.69) is 26.1 Å². The number of hydrogen-bond acceptors (Lipinski definition) is 2. The Labute approximate surface area is 89.4 Å². The third-order valence-corrected chi connectivity index (χ3v) is 2.61. The molecule has 0 atom stereocenters. The lowest BCUT2D eigenvalue weighted by Gasteiger charge is -2.22. The zero-order valence-electron chi connectivity index (χ0n) is 10.4. The van der Waals surface area contributed by atoms with Crippen LogP contribution in [0, 0.1) is 0 Å². The molecule has 0 radical (unpaired) electrons. The van der Waals surface area contributed by atoms with E-state index >= 15 is 0 Å². The maximum absolute atomic E-state index is 5.37. The summed E-state index contributed by atoms with van der Waals surface area (Å²) in [6.07, 6.45) is 6.27. The zero-order chi connectivity index (χ0) is 10.9. The normalized spacial score (nSPS) is 12.0. The monoisotopic (exact) mass is 201 g/mol. The molecule has 0 aliphatic rings. The lowest BCUT2D eigenvalue weighted by molar-refractivity contribution is 0.0134. The second-order valence-electron chi connectivity index (χ2n) is 4.52. The van der Waals surface area contributed by atoms with Crippen LogP contribution in [0.15, 0.2) is 0 Å². The Bertz CT molecular complexity index is 123. The third kappa shape index (κ3) is 8.52. The van der Waals surface area contributed by atoms with Crippen LogP contribution in [0.5, 0.6) is 0 Å². The summed E-state index contributed by atoms with van der Waals surface area (Å²) in [5.74, 6) is 0. The molecule has 0 saturated carbocycles. The van der Waals surface area contributed by atoms with Crippen LogP contribution in [0.2, 0.25) is 0 Å². The third-order valence-electron chi connectivity index (χ3n) is 2.61. The summed E-state index contributed by atoms with van der Waals surface area (Å²) in [5, 5.41) is 3.42. The van der Waals surface area contributed by atoms with Crippen molar-refractivity contribution in [2.24, 2.45) is 0 Å². The minimum absolute atomic E-state index is 0.0663. The van der Waals surface area contributed by atoms with Crippen LogP contribution in [0.3, 0.4) is 0 Å². The molecule has 0 saturated heterocycles. The summed E-state index contributed by atoms with van der Waals surface area (Å²) in [6.45, 7) is 8.84. The molecule has 0 rings (SSSR count). The summed E-state index contributed by atoms with van der Waals surface area (Å²) in [5.41, 5.74) is 0.0663. The largest absolute Gasteiger partial charge is 0.379 e. The predicted molar refractivity (Wildman–Crippen MR) is 62.7 cm³/mol. The fourth-order valence-electron chi connectivity index (χ4n) is 1.38. The molecule has 0 spiro atoms. The van der Waals surface area contributed by atoms with Gasteiger partial charge in [0, 0.05) is 7.11 Å². The van der Waals surface area contributed by atoms with Crippen molar-refractivity contribution in [3.8, 4) is 0 Å². The molecule has 0 bridgehead atoms. The Morgan fingerprint density at radius 2 is 1.79 bits per heavy atom. The highest BCUT2D eigenvalue weighted by Crippen LogP contribution is 2.16. The topological polar surface area (TPSA) is 21.3 Å². The van der Waals surface area contributed by atoms with Gasteiger partial charge in [-0.2, -0.15) is 0 Å². The highest BCUT2D eigenvalue weighted by molar-refractivity contribution is 4.67. The molecule has 0 aliphatic carbocycles. The lowest BCUT2D eigenvalue weighted by atomic mass is 10.0. The molecule has 0 aliphatic heterocycles. The number of methoxy groups -OCH3 is 1. The Kier molecular flexibility index (Phi) is 8.20. The van der Waals surface area contributed by atoms with Crippen molar-refractivity contribution in [1.29, 1.82) is 0 Å². The highest BCUT2D eigenvalue weighted by atomic mass is 16.5. The zero-order valence-corrected chi connectivity index (χ0v) is 10.4. The molecule has 2 heteroatoms. The van der Waals surface area contributed by atoms with E-state index in [9.17, 15) is 0 Å². The van der Waals surface area contributed by atoms with Crippen molar-refractivity contribution in [3.05, 3.63) is 0 Å². The summed E-state index contributed by atoms with van der Waals surface area (Å²) >= 11 is 0. The Hall–Kier alpha value is -0.0800. The summed E-state index contributed by atoms with van der Waals surface area (Å²) in [7, 11) is 1.79. The molecule has 0 amide bonds. The maximum Gasteiger partial charge on any atom is 0.0622 e. The van der Waals surface area contributed by atoms with Gasteiger partial charge in [-0.1, -0.05) is 19.8 Å². The average molecular weight is 201 g/mol. The maximum atomic E-state index is 5.37. The van der Waals surface area contributed by atoms with Gasteiger partial charge in [0.15, 0.2) is 0 Å². The van der Waals surface area contributed by atoms with E-state index in [1.54, 1.807) is 7.11 Å². The minimum atomic E-state index is 0.0663. The van der Waals surface area contributed by atoms with Crippen molar-refractivity contribution in [2.45, 2.75) is 58.5 Å². The lowest BCUT2D eigenvalue weighted by Crippen LogP contribution is -2.22. The van der Waals surface area contributed by atoms with Gasteiger partial charge in [0.25, 0.3) is 0 Å². The van der Waals surface area contributed by atoms with Crippen molar-refractivity contribution in [3.63, 3.8) is 0 Å². The molecule has 2 nitrogen and oxygen atoms in total. The van der Waals surface area contributed by atoms with Crippen LogP contribution in [0.1, 0.15) is 52.9 Å². The summed E-state index contributed by atoms with van der Waals surface area (Å²) < 4.78 is 5.37. The van der Waals surface area contributed by atoms with Crippen LogP contribution in [-0.2, 0) is 4.74 Å². The van der Waals surface area contributed by atoms with Crippen LogP contribution < -0.4 is 5.32 Å². The van der Waals surface area contributed by atoms with Gasteiger partial charge in [-0.25, -0.2) is 0 Å². The first-order chi connectivity index (χ1) is 6.62. The predicted octanol–water partition coefficient (Wildman–Crippen LogP) is 2.97. The van der Waals surface area contributed by atoms with E-state index < -0.39 is 0 Å². The van der Waals surface area contributed by atoms with Gasteiger partial charge in [0.1, 0.15) is 0 Å². The first-order valence-corrected chi connectivity index (χ1v) is 5.88. The fraction of sp³-hybridized carbons (Fsp3) is 1.00. The van der Waals surface area contributed by atoms with E-state index in [1.165, 1.54) is 32.2 Å². The first kappa shape index (κ1) is 13.9. The van der Waals surface area contributed by atoms with Gasteiger partial charge < -0.3 is 10.1 Å². The highest BCUT2D eigenvalue weighted by Gasteiger charge is 2.14. The van der Waals surface area contributed by atoms with Crippen molar-refractivity contribution in [1.82, 2.24) is 5.32 Å². The molecular weight excluding hydrogens is 174 g/mol. The Morgan fingerprint density at radius 1 is 1.07 bits per heavy atom. The molecule has 0 fully saturated rings. The van der Waals surface area contributed by atoms with Crippen LogP contribution in [-0.4, -0.2) is 25.8 Å². The Balaban J connectivity index is 3.13. The van der Waals surface area contributed by atoms with E-state index in [0.717, 1.165) is 13.0 Å². The molecule has 0 aromatic carbocycles. The minimum Gasteiger partial charge on any atom is -0.379 e. The second-order valence-corrected chi connectivity index (χ2v) is 4.52. The Morgan fingerprint density at radius 3 is 2.36 bits per heavy atom. The quantitative estimate of drug-likeness (QED) is 0.579. The summed E-state index contributed by atoms with van der Waals surface area (Å²) in [6, 6.07) is 0. The molecule has 1 N–H and O–H groups in total. The van der Waals surface area contributed by atoms with Gasteiger partial charge in [0.2, 0.25) is 0 Å². The van der Waals surface area contributed by atoms with Gasteiger partial charge in [-0.05, 0) is 46.2 Å². The number of hydrogen-bond donors (Lipinski definition) is 1. The number of rotatable bonds is 9. The van der Waals surface area contributed by atoms with Gasteiger partial charge in [0.05, 0.1) is 5.60 Å². The smallest absolute Gasteiger partial charge is 0.0622 e. The average Bonchev–Trinajstić information content (AvgIpc) is 2.16. The van der Waals surface area contributed by atoms with Crippen molar-refractivity contribution in [2.75, 3.05) is 20.2 Å². The van der Waals surface area contributed by atoms with Crippen LogP contribution >= 0.6 is 0 Å². The van der Waals surface area contributed by atoms with Crippen LogP contribution in [0.4, 0.5) is 0 Å². The fourth-order valence-corrected chi connectivity index (χ4v) is 1.38. The van der Waals surface area contributed by atoms with Crippen LogP contribution in [0.25, 0.3) is 0 Å². The van der Waals surface area contributed by atoms with Gasteiger partial charge in [-0.3, -0.25) is 0 Å². The van der Waals surface area contributed by atoms with E-state index in [-0.39, 0.29) is 5.60 Å². The van der Waals surface area contributed by atoms with Gasteiger partial charge >= 0.3 is 0 Å². The van der Waals surface area contributed by atoms with E-state index in [0.29, 0.717) is 0 Å². The molecule has 0 unspecified atom stereocenters. The molecule has 0 aromatic rings. The van der Waals surface area contributed by atoms with Crippen molar-refractivity contribution >= 4 is 0 Å². The number of ether oxygens (including phenoxy) is 1. The SMILES string of the molecule is CCCNCCCCCC(C)(C)OC. The second kappa shape index (κ2) is 8.25.